The largest absolute Gasteiger partial charge is 0.460 e. The maximum absolute atomic E-state index is 9.47. The molecule has 2 aliphatic rings. The molecular formula is C16H18O3. The molecule has 1 aliphatic heterocycles. The van der Waals surface area contributed by atoms with Gasteiger partial charge >= 0.3 is 0 Å². The monoisotopic (exact) mass is 258 g/mol. The third-order valence-corrected chi connectivity index (χ3v) is 4.73. The first-order valence-corrected chi connectivity index (χ1v) is 7.06. The van der Waals surface area contributed by atoms with Gasteiger partial charge in [0.05, 0.1) is 13.2 Å². The van der Waals surface area contributed by atoms with Gasteiger partial charge in [0.1, 0.15) is 11.3 Å². The average molecular weight is 258 g/mol. The molecule has 100 valence electrons. The number of hydrogen-bond acceptors (Lipinski definition) is 3. The number of aliphatic hydroxyl groups is 1. The second-order valence-electron chi connectivity index (χ2n) is 5.79. The van der Waals surface area contributed by atoms with E-state index in [0.717, 1.165) is 43.0 Å². The van der Waals surface area contributed by atoms with E-state index in [4.69, 9.17) is 9.15 Å². The van der Waals surface area contributed by atoms with Crippen molar-refractivity contribution in [3.8, 4) is 0 Å². The fraction of sp³-hybridized carbons (Fsp3) is 0.500. The van der Waals surface area contributed by atoms with Crippen LogP contribution < -0.4 is 0 Å². The van der Waals surface area contributed by atoms with Crippen LogP contribution in [-0.4, -0.2) is 18.3 Å². The fourth-order valence-electron chi connectivity index (χ4n) is 3.82. The summed E-state index contributed by atoms with van der Waals surface area (Å²) in [6.45, 7) is 1.71. The molecule has 2 heterocycles. The molecule has 1 N–H and O–H groups in total. The summed E-state index contributed by atoms with van der Waals surface area (Å²) in [6, 6.07) is 6.08. The number of hydrogen-bond donors (Lipinski definition) is 1. The van der Waals surface area contributed by atoms with Crippen molar-refractivity contribution in [2.24, 2.45) is 0 Å². The predicted octanol–water partition coefficient (Wildman–Crippen LogP) is 2.92. The number of ether oxygens (including phenoxy) is 1. The maximum Gasteiger partial charge on any atom is 0.140 e. The summed E-state index contributed by atoms with van der Waals surface area (Å²) >= 11 is 0. The van der Waals surface area contributed by atoms with Gasteiger partial charge in [-0.25, -0.2) is 0 Å². The summed E-state index contributed by atoms with van der Waals surface area (Å²) in [5.41, 5.74) is 3.29. The topological polar surface area (TPSA) is 42.6 Å². The van der Waals surface area contributed by atoms with Crippen LogP contribution in [0.15, 0.2) is 22.6 Å². The first-order chi connectivity index (χ1) is 9.34. The molecular weight excluding hydrogens is 240 g/mol. The summed E-state index contributed by atoms with van der Waals surface area (Å²) in [7, 11) is 0. The molecule has 3 heteroatoms. The van der Waals surface area contributed by atoms with Crippen molar-refractivity contribution in [1.29, 1.82) is 0 Å². The maximum atomic E-state index is 9.47. The number of furan rings is 1. The zero-order valence-electron chi connectivity index (χ0n) is 10.9. The van der Waals surface area contributed by atoms with Gasteiger partial charge in [-0.05, 0) is 19.3 Å². The van der Waals surface area contributed by atoms with E-state index >= 15 is 0 Å². The molecule has 1 aliphatic carbocycles. The Labute approximate surface area is 112 Å². The highest BCUT2D eigenvalue weighted by molar-refractivity contribution is 5.86. The van der Waals surface area contributed by atoms with E-state index in [-0.39, 0.29) is 12.0 Å². The lowest BCUT2D eigenvalue weighted by molar-refractivity contribution is 0.170. The Balaban J connectivity index is 2.01. The average Bonchev–Trinajstić information content (AvgIpc) is 3.03. The van der Waals surface area contributed by atoms with E-state index in [1.54, 1.807) is 0 Å². The Morgan fingerprint density at radius 3 is 3.00 bits per heavy atom. The minimum atomic E-state index is 0.0350. The molecule has 1 aromatic heterocycles. The van der Waals surface area contributed by atoms with Crippen LogP contribution in [0.4, 0.5) is 0 Å². The molecule has 0 bridgehead atoms. The van der Waals surface area contributed by atoms with Crippen molar-refractivity contribution in [3.63, 3.8) is 0 Å². The second-order valence-corrected chi connectivity index (χ2v) is 5.79. The van der Waals surface area contributed by atoms with Crippen LogP contribution in [0.2, 0.25) is 0 Å². The van der Waals surface area contributed by atoms with Gasteiger partial charge in [-0.15, -0.1) is 0 Å². The molecule has 1 aromatic carbocycles. The summed E-state index contributed by atoms with van der Waals surface area (Å²) in [6.07, 6.45) is 4.47. The number of benzene rings is 1. The summed E-state index contributed by atoms with van der Waals surface area (Å²) in [5.74, 6) is 1.12. The van der Waals surface area contributed by atoms with Crippen molar-refractivity contribution >= 4 is 11.0 Å². The van der Waals surface area contributed by atoms with Gasteiger partial charge < -0.3 is 14.3 Å². The Kier molecular flexibility index (Phi) is 2.47. The highest BCUT2D eigenvalue weighted by Crippen LogP contribution is 2.48. The highest BCUT2D eigenvalue weighted by atomic mass is 16.5. The number of fused-ring (bicyclic) bond motifs is 4. The van der Waals surface area contributed by atoms with Gasteiger partial charge in [-0.2, -0.15) is 0 Å². The standard InChI is InChI=1S/C16H18O3/c17-9-11-3-1-4-12-14-13(19-15(11)12)5-2-6-16(14)7-8-18-10-16/h1,3-4,17H,2,5-10H2. The highest BCUT2D eigenvalue weighted by Gasteiger charge is 2.43. The molecule has 1 atom stereocenters. The molecule has 0 saturated carbocycles. The van der Waals surface area contributed by atoms with Crippen LogP contribution in [0.1, 0.15) is 36.1 Å². The van der Waals surface area contributed by atoms with Gasteiger partial charge in [0, 0.05) is 35.0 Å². The normalized spacial score (nSPS) is 26.2. The van der Waals surface area contributed by atoms with Crippen molar-refractivity contribution in [1.82, 2.24) is 0 Å². The molecule has 1 unspecified atom stereocenters. The third-order valence-electron chi connectivity index (χ3n) is 4.73. The lowest BCUT2D eigenvalue weighted by Crippen LogP contribution is -2.30. The molecule has 0 radical (unpaired) electrons. The van der Waals surface area contributed by atoms with Crippen LogP contribution >= 0.6 is 0 Å². The first-order valence-electron chi connectivity index (χ1n) is 7.06. The lowest BCUT2D eigenvalue weighted by atomic mass is 9.71. The van der Waals surface area contributed by atoms with Gasteiger partial charge in [0.15, 0.2) is 0 Å². The zero-order chi connectivity index (χ0) is 12.9. The van der Waals surface area contributed by atoms with Crippen LogP contribution in [0.3, 0.4) is 0 Å². The van der Waals surface area contributed by atoms with Crippen molar-refractivity contribution in [3.05, 3.63) is 35.1 Å². The SMILES string of the molecule is OCc1cccc2c3c(oc12)CCCC31CCOC1. The quantitative estimate of drug-likeness (QED) is 0.855. The Morgan fingerprint density at radius 1 is 1.26 bits per heavy atom. The number of aryl methyl sites for hydroxylation is 1. The van der Waals surface area contributed by atoms with Gasteiger partial charge in [0.2, 0.25) is 0 Å². The Hall–Kier alpha value is -1.32. The van der Waals surface area contributed by atoms with Crippen LogP contribution in [0.5, 0.6) is 0 Å². The third kappa shape index (κ3) is 1.52. The predicted molar refractivity (Wildman–Crippen MR) is 72.2 cm³/mol. The number of rotatable bonds is 1. The zero-order valence-corrected chi connectivity index (χ0v) is 10.9. The molecule has 3 nitrogen and oxygen atoms in total. The molecule has 0 amide bonds. The Morgan fingerprint density at radius 2 is 2.21 bits per heavy atom. The molecule has 1 spiro atoms. The van der Waals surface area contributed by atoms with Crippen molar-refractivity contribution in [2.45, 2.75) is 37.7 Å². The summed E-state index contributed by atoms with van der Waals surface area (Å²) in [4.78, 5) is 0. The van der Waals surface area contributed by atoms with E-state index in [1.807, 2.05) is 12.1 Å². The minimum Gasteiger partial charge on any atom is -0.460 e. The van der Waals surface area contributed by atoms with E-state index in [0.29, 0.717) is 0 Å². The lowest BCUT2D eigenvalue weighted by Gasteiger charge is -2.31. The van der Waals surface area contributed by atoms with Gasteiger partial charge in [-0.1, -0.05) is 18.2 Å². The number of aliphatic hydroxyl groups excluding tert-OH is 1. The summed E-state index contributed by atoms with van der Waals surface area (Å²) < 4.78 is 11.8. The van der Waals surface area contributed by atoms with E-state index in [9.17, 15) is 5.11 Å². The number of para-hydroxylation sites is 1. The van der Waals surface area contributed by atoms with Gasteiger partial charge in [0.25, 0.3) is 0 Å². The molecule has 1 fully saturated rings. The second kappa shape index (κ2) is 4.09. The fourth-order valence-corrected chi connectivity index (χ4v) is 3.82. The first kappa shape index (κ1) is 11.5. The van der Waals surface area contributed by atoms with Gasteiger partial charge in [-0.3, -0.25) is 0 Å². The van der Waals surface area contributed by atoms with E-state index in [2.05, 4.69) is 6.07 Å². The van der Waals surface area contributed by atoms with E-state index in [1.165, 1.54) is 23.8 Å². The smallest absolute Gasteiger partial charge is 0.140 e. The van der Waals surface area contributed by atoms with Crippen LogP contribution in [-0.2, 0) is 23.2 Å². The molecule has 2 aromatic rings. The molecule has 19 heavy (non-hydrogen) atoms. The van der Waals surface area contributed by atoms with Crippen LogP contribution in [0, 0.1) is 0 Å². The summed E-state index contributed by atoms with van der Waals surface area (Å²) in [5, 5.41) is 10.7. The van der Waals surface area contributed by atoms with E-state index < -0.39 is 0 Å². The minimum absolute atomic E-state index is 0.0350. The Bertz CT molecular complexity index is 620. The van der Waals surface area contributed by atoms with Crippen LogP contribution in [0.25, 0.3) is 11.0 Å². The molecule has 1 saturated heterocycles. The molecule has 4 rings (SSSR count). The van der Waals surface area contributed by atoms with Crippen molar-refractivity contribution < 1.29 is 14.3 Å². The van der Waals surface area contributed by atoms with Crippen molar-refractivity contribution in [2.75, 3.05) is 13.2 Å².